The minimum Gasteiger partial charge on any atom is -0.311 e. The number of aromatic nitrogens is 2. The van der Waals surface area contributed by atoms with Crippen molar-refractivity contribution in [3.05, 3.63) is 339 Å². The zero-order valence-electron chi connectivity index (χ0n) is 50.0. The molecule has 0 atom stereocenters. The van der Waals surface area contributed by atoms with Gasteiger partial charge in [-0.2, -0.15) is 5.26 Å². The lowest BCUT2D eigenvalue weighted by Crippen LogP contribution is -2.61. The summed E-state index contributed by atoms with van der Waals surface area (Å²) >= 11 is 0. The van der Waals surface area contributed by atoms with Crippen molar-refractivity contribution < 1.29 is 0 Å². The molecule has 0 N–H and O–H groups in total. The third-order valence-electron chi connectivity index (χ3n) is 18.9. The molecule has 92 heavy (non-hydrogen) atoms. The number of hydrogen-bond donors (Lipinski definition) is 0. The van der Waals surface area contributed by atoms with E-state index in [2.05, 4.69) is 357 Å². The van der Waals surface area contributed by atoms with Crippen LogP contribution in [0.3, 0.4) is 0 Å². The molecule has 16 aromatic rings. The molecule has 0 spiro atoms. The van der Waals surface area contributed by atoms with Gasteiger partial charge in [0.1, 0.15) is 0 Å². The number of para-hydroxylation sites is 8. The van der Waals surface area contributed by atoms with Gasteiger partial charge in [-0.15, -0.1) is 0 Å². The summed E-state index contributed by atoms with van der Waals surface area (Å²) in [5.74, 6) is 0. The molecule has 0 aliphatic carbocycles. The summed E-state index contributed by atoms with van der Waals surface area (Å²) in [5.41, 5.74) is 26.5. The predicted molar refractivity (Wildman–Crippen MR) is 385 cm³/mol. The Balaban J connectivity index is 0.984. The molecule has 0 fully saturated rings. The fraction of sp³-hybridized carbons (Fsp3) is 0. The van der Waals surface area contributed by atoms with E-state index in [0.29, 0.717) is 5.56 Å². The molecule has 0 saturated heterocycles. The van der Waals surface area contributed by atoms with Gasteiger partial charge in [0.2, 0.25) is 0 Å². The predicted octanol–water partition coefficient (Wildman–Crippen LogP) is 20.3. The van der Waals surface area contributed by atoms with Gasteiger partial charge in [-0.3, -0.25) is 0 Å². The van der Waals surface area contributed by atoms with Gasteiger partial charge in [0, 0.05) is 78.0 Å². The monoisotopic (exact) mass is 1170 g/mol. The van der Waals surface area contributed by atoms with Gasteiger partial charge >= 0.3 is 0 Å². The lowest BCUT2D eigenvalue weighted by molar-refractivity contribution is 1.17. The van der Waals surface area contributed by atoms with Crippen LogP contribution in [-0.4, -0.2) is 15.8 Å². The molecule has 2 aromatic heterocycles. The minimum absolute atomic E-state index is 0.260. The van der Waals surface area contributed by atoms with Crippen LogP contribution in [0.25, 0.3) is 88.4 Å². The standard InChI is InChI=1S/C85H55BN6/c87-56-57-45-50-80(90-78-43-23-17-37-69(78)70-38-18-24-44-79(70)90)71(51-57)60-46-48-72-81(52-60)91(74-39-19-13-33-65(74)58-25-5-1-6-26-58)83-54-64(88(61-29-9-3-10-30-61)62-31-11-4-12-32-62)55-84-85(83)86(72)73-49-47-63(89-76-41-21-15-35-67(76)68-36-16-22-42-77(68)89)53-82(73)92(84)75-40-20-14-34-66(75)59-27-7-2-8-28-59/h1-55H. The van der Waals surface area contributed by atoms with Crippen LogP contribution in [-0.2, 0) is 0 Å². The molecule has 0 saturated carbocycles. The Morgan fingerprint density at radius 2 is 0.707 bits per heavy atom. The lowest BCUT2D eigenvalue weighted by Gasteiger charge is -2.46. The normalized spacial score (nSPS) is 12.3. The molecule has 0 bridgehead atoms. The maximum Gasteiger partial charge on any atom is 0.252 e. The number of anilines is 9. The summed E-state index contributed by atoms with van der Waals surface area (Å²) in [7, 11) is 0. The summed E-state index contributed by atoms with van der Waals surface area (Å²) in [6.45, 7) is -0.260. The van der Waals surface area contributed by atoms with E-state index in [4.69, 9.17) is 0 Å². The van der Waals surface area contributed by atoms with E-state index in [1.807, 2.05) is 6.07 Å². The average molecular weight is 1170 g/mol. The van der Waals surface area contributed by atoms with Gasteiger partial charge in [-0.05, 0) is 142 Å². The fourth-order valence-corrected chi connectivity index (χ4v) is 15.0. The van der Waals surface area contributed by atoms with Gasteiger partial charge in [0.15, 0.2) is 0 Å². The maximum atomic E-state index is 10.8. The molecule has 6 nitrogen and oxygen atoms in total. The van der Waals surface area contributed by atoms with Crippen molar-refractivity contribution in [1.82, 2.24) is 9.13 Å². The molecule has 4 heterocycles. The highest BCUT2D eigenvalue weighted by Gasteiger charge is 2.45. The first-order valence-corrected chi connectivity index (χ1v) is 31.4. The zero-order valence-corrected chi connectivity index (χ0v) is 50.0. The van der Waals surface area contributed by atoms with E-state index in [9.17, 15) is 5.26 Å². The lowest BCUT2D eigenvalue weighted by atomic mass is 9.33. The van der Waals surface area contributed by atoms with Crippen molar-refractivity contribution in [3.8, 4) is 50.8 Å². The second-order valence-corrected chi connectivity index (χ2v) is 23.9. The summed E-state index contributed by atoms with van der Waals surface area (Å²) in [4.78, 5) is 7.55. The van der Waals surface area contributed by atoms with E-state index in [1.165, 1.54) is 32.5 Å². The molecule has 18 rings (SSSR count). The van der Waals surface area contributed by atoms with E-state index < -0.39 is 0 Å². The summed E-state index contributed by atoms with van der Waals surface area (Å²) in [6.07, 6.45) is 0. The van der Waals surface area contributed by atoms with E-state index in [1.54, 1.807) is 0 Å². The Bertz CT molecular complexity index is 5490. The van der Waals surface area contributed by atoms with E-state index in [0.717, 1.165) is 123 Å². The van der Waals surface area contributed by atoms with Crippen LogP contribution in [0.4, 0.5) is 51.2 Å². The summed E-state index contributed by atoms with van der Waals surface area (Å²) in [5, 5.41) is 15.6. The Kier molecular flexibility index (Phi) is 12.3. The first-order valence-electron chi connectivity index (χ1n) is 31.4. The average Bonchev–Trinajstić information content (AvgIpc) is 0.816. The Morgan fingerprint density at radius 3 is 1.21 bits per heavy atom. The smallest absolute Gasteiger partial charge is 0.252 e. The third-order valence-corrected chi connectivity index (χ3v) is 18.9. The number of benzene rings is 14. The molecular weight excluding hydrogens is 1120 g/mol. The number of fused-ring (bicyclic) bond motifs is 10. The molecule has 0 amide bonds. The minimum atomic E-state index is -0.260. The molecule has 0 radical (unpaired) electrons. The quantitative estimate of drug-likeness (QED) is 0.128. The molecule has 7 heteroatoms. The molecule has 2 aliphatic rings. The second kappa shape index (κ2) is 21.5. The highest BCUT2D eigenvalue weighted by Crippen LogP contribution is 2.52. The third kappa shape index (κ3) is 8.28. The highest BCUT2D eigenvalue weighted by atomic mass is 15.2. The van der Waals surface area contributed by atoms with Crippen molar-refractivity contribution >= 4 is 118 Å². The summed E-state index contributed by atoms with van der Waals surface area (Å²) < 4.78 is 4.83. The Hall–Kier alpha value is -12.4. The van der Waals surface area contributed by atoms with E-state index >= 15 is 0 Å². The van der Waals surface area contributed by atoms with Crippen LogP contribution >= 0.6 is 0 Å². The summed E-state index contributed by atoms with van der Waals surface area (Å²) in [6, 6.07) is 124. The van der Waals surface area contributed by atoms with Gasteiger partial charge in [-0.1, -0.05) is 224 Å². The number of nitrogens with zero attached hydrogens (tertiary/aromatic N) is 6. The van der Waals surface area contributed by atoms with Crippen LogP contribution in [0.5, 0.6) is 0 Å². The van der Waals surface area contributed by atoms with Crippen molar-refractivity contribution in [2.75, 3.05) is 14.7 Å². The van der Waals surface area contributed by atoms with Crippen molar-refractivity contribution in [3.63, 3.8) is 0 Å². The van der Waals surface area contributed by atoms with Crippen LogP contribution < -0.4 is 31.1 Å². The first-order chi connectivity index (χ1) is 45.6. The van der Waals surface area contributed by atoms with Crippen LogP contribution in [0.15, 0.2) is 334 Å². The van der Waals surface area contributed by atoms with Crippen molar-refractivity contribution in [1.29, 1.82) is 5.26 Å². The molecular formula is C85H55BN6. The zero-order chi connectivity index (χ0) is 60.8. The molecule has 2 aliphatic heterocycles. The first kappa shape index (κ1) is 52.7. The molecule has 14 aromatic carbocycles. The second-order valence-electron chi connectivity index (χ2n) is 23.9. The Morgan fingerprint density at radius 1 is 0.283 bits per heavy atom. The molecule has 428 valence electrons. The van der Waals surface area contributed by atoms with Crippen molar-refractivity contribution in [2.24, 2.45) is 0 Å². The topological polar surface area (TPSA) is 43.4 Å². The number of nitriles is 1. The van der Waals surface area contributed by atoms with Gasteiger partial charge < -0.3 is 23.8 Å². The van der Waals surface area contributed by atoms with Crippen LogP contribution in [0, 0.1) is 11.3 Å². The van der Waals surface area contributed by atoms with Gasteiger partial charge in [0.25, 0.3) is 6.71 Å². The molecule has 0 unspecified atom stereocenters. The highest BCUT2D eigenvalue weighted by molar-refractivity contribution is 7.00. The van der Waals surface area contributed by atoms with E-state index in [-0.39, 0.29) is 6.71 Å². The maximum absolute atomic E-state index is 10.8. The largest absolute Gasteiger partial charge is 0.311 e. The van der Waals surface area contributed by atoms with Crippen LogP contribution in [0.1, 0.15) is 5.56 Å². The fourth-order valence-electron chi connectivity index (χ4n) is 15.0. The number of rotatable bonds is 10. The number of hydrogen-bond acceptors (Lipinski definition) is 4. The van der Waals surface area contributed by atoms with Crippen LogP contribution in [0.2, 0.25) is 0 Å². The van der Waals surface area contributed by atoms with Crippen molar-refractivity contribution in [2.45, 2.75) is 0 Å². The van der Waals surface area contributed by atoms with Gasteiger partial charge in [-0.25, -0.2) is 0 Å². The van der Waals surface area contributed by atoms with Gasteiger partial charge in [0.05, 0.1) is 56.4 Å². The Labute approximate surface area is 533 Å². The SMILES string of the molecule is N#Cc1ccc(-n2c3ccccc3c3ccccc32)c(-c2ccc3c(c2)N(c2ccccc2-c2ccccc2)c2cc(N(c4ccccc4)c4ccccc4)cc4c2B3c2ccc(-n3c5ccccc5c5ccccc53)cc2N4c2ccccc2-c2ccccc2)c1.